The van der Waals surface area contributed by atoms with Gasteiger partial charge in [-0.3, -0.25) is 9.36 Å². The third-order valence-electron chi connectivity index (χ3n) is 4.91. The summed E-state index contributed by atoms with van der Waals surface area (Å²) in [5.74, 6) is 1.45. The summed E-state index contributed by atoms with van der Waals surface area (Å²) in [6, 6.07) is 0. The Labute approximate surface area is 171 Å². The Bertz CT molecular complexity index is 1050. The summed E-state index contributed by atoms with van der Waals surface area (Å²) >= 11 is 3.13. The van der Waals surface area contributed by atoms with Crippen LogP contribution in [-0.2, 0) is 24.1 Å². The first kappa shape index (κ1) is 19.6. The van der Waals surface area contributed by atoms with Crippen LogP contribution in [0.25, 0.3) is 10.2 Å². The molecule has 4 rings (SSSR count). The van der Waals surface area contributed by atoms with Gasteiger partial charge in [-0.15, -0.1) is 11.3 Å². The van der Waals surface area contributed by atoms with Crippen molar-refractivity contribution in [1.82, 2.24) is 19.7 Å². The molecule has 0 saturated carbocycles. The van der Waals surface area contributed by atoms with Gasteiger partial charge in [-0.2, -0.15) is 4.98 Å². The van der Waals surface area contributed by atoms with Gasteiger partial charge in [0, 0.05) is 17.9 Å². The van der Waals surface area contributed by atoms with Crippen molar-refractivity contribution in [2.24, 2.45) is 0 Å². The van der Waals surface area contributed by atoms with Crippen molar-refractivity contribution in [2.75, 3.05) is 13.7 Å². The standard InChI is InChI=1S/C19H24N4O3S2/c1-10(2)15-20-16(26-22-15)11(3)27-19-21-17-14(12-6-5-7-13(12)28-17)18(24)23(19)8-9-25-4/h10-11H,5-9H2,1-4H3/t11-/m1/s1. The topological polar surface area (TPSA) is 83.0 Å². The normalized spacial score (nSPS) is 14.9. The number of ether oxygens (including phenoxy) is 1. The van der Waals surface area contributed by atoms with Gasteiger partial charge in [0.25, 0.3) is 5.56 Å². The summed E-state index contributed by atoms with van der Waals surface area (Å²) in [7, 11) is 1.64. The van der Waals surface area contributed by atoms with Crippen molar-refractivity contribution in [3.05, 3.63) is 32.5 Å². The van der Waals surface area contributed by atoms with E-state index in [1.807, 2.05) is 20.8 Å². The van der Waals surface area contributed by atoms with Crippen LogP contribution in [0.5, 0.6) is 0 Å². The summed E-state index contributed by atoms with van der Waals surface area (Å²) in [4.78, 5) is 24.8. The molecule has 9 heteroatoms. The fourth-order valence-electron chi connectivity index (χ4n) is 3.38. The Morgan fingerprint density at radius 2 is 2.11 bits per heavy atom. The summed E-state index contributed by atoms with van der Waals surface area (Å²) in [5.41, 5.74) is 1.23. The van der Waals surface area contributed by atoms with Crippen LogP contribution in [-0.4, -0.2) is 33.4 Å². The van der Waals surface area contributed by atoms with E-state index in [-0.39, 0.29) is 16.7 Å². The molecule has 0 aliphatic heterocycles. The van der Waals surface area contributed by atoms with E-state index in [4.69, 9.17) is 14.2 Å². The highest BCUT2D eigenvalue weighted by atomic mass is 32.2. The second-order valence-electron chi connectivity index (χ2n) is 7.29. The van der Waals surface area contributed by atoms with Crippen LogP contribution in [0.2, 0.25) is 0 Å². The average Bonchev–Trinajstić information content (AvgIpc) is 3.36. The van der Waals surface area contributed by atoms with E-state index in [1.165, 1.54) is 22.2 Å². The van der Waals surface area contributed by atoms with E-state index in [0.717, 1.165) is 29.5 Å². The summed E-state index contributed by atoms with van der Waals surface area (Å²) in [6.07, 6.45) is 3.14. The lowest BCUT2D eigenvalue weighted by molar-refractivity contribution is 0.183. The Kier molecular flexibility index (Phi) is 5.57. The first-order valence-corrected chi connectivity index (χ1v) is 11.2. The molecule has 0 N–H and O–H groups in total. The van der Waals surface area contributed by atoms with Crippen molar-refractivity contribution < 1.29 is 9.26 Å². The molecule has 1 atom stereocenters. The Morgan fingerprint density at radius 1 is 1.29 bits per heavy atom. The Hall–Kier alpha value is -1.71. The van der Waals surface area contributed by atoms with E-state index in [1.54, 1.807) is 23.0 Å². The molecular weight excluding hydrogens is 396 g/mol. The number of rotatable bonds is 7. The number of nitrogens with zero attached hydrogens (tertiary/aromatic N) is 4. The molecule has 0 amide bonds. The minimum absolute atomic E-state index is 0.0320. The summed E-state index contributed by atoms with van der Waals surface area (Å²) in [6.45, 7) is 6.98. The van der Waals surface area contributed by atoms with E-state index in [0.29, 0.717) is 30.0 Å². The first-order valence-electron chi connectivity index (χ1n) is 9.53. The quantitative estimate of drug-likeness (QED) is 0.423. The van der Waals surface area contributed by atoms with Gasteiger partial charge in [0.1, 0.15) is 4.83 Å². The molecule has 0 aromatic carbocycles. The van der Waals surface area contributed by atoms with Crippen LogP contribution >= 0.6 is 23.1 Å². The van der Waals surface area contributed by atoms with E-state index < -0.39 is 0 Å². The van der Waals surface area contributed by atoms with Crippen LogP contribution in [0.15, 0.2) is 14.5 Å². The van der Waals surface area contributed by atoms with Crippen molar-refractivity contribution in [3.8, 4) is 0 Å². The fraction of sp³-hybridized carbons (Fsp3) is 0.579. The number of hydrogen-bond acceptors (Lipinski definition) is 8. The minimum Gasteiger partial charge on any atom is -0.383 e. The number of hydrogen-bond donors (Lipinski definition) is 0. The monoisotopic (exact) mass is 420 g/mol. The predicted octanol–water partition coefficient (Wildman–Crippen LogP) is 3.95. The van der Waals surface area contributed by atoms with Gasteiger partial charge in [0.05, 0.1) is 23.8 Å². The van der Waals surface area contributed by atoms with Crippen LogP contribution in [0.4, 0.5) is 0 Å². The molecule has 7 nitrogen and oxygen atoms in total. The van der Waals surface area contributed by atoms with E-state index >= 15 is 0 Å². The van der Waals surface area contributed by atoms with Crippen LogP contribution in [0, 0.1) is 0 Å². The van der Waals surface area contributed by atoms with Gasteiger partial charge in [-0.05, 0) is 31.7 Å². The number of aryl methyl sites for hydroxylation is 2. The molecule has 150 valence electrons. The van der Waals surface area contributed by atoms with Crippen molar-refractivity contribution >= 4 is 33.3 Å². The maximum atomic E-state index is 13.3. The van der Waals surface area contributed by atoms with E-state index in [9.17, 15) is 4.79 Å². The van der Waals surface area contributed by atoms with Crippen molar-refractivity contribution in [3.63, 3.8) is 0 Å². The SMILES string of the molecule is COCCn1c(S[C@H](C)c2nc(C(C)C)no2)nc2sc3c(c2c1=O)CCC3. The molecule has 0 saturated heterocycles. The second-order valence-corrected chi connectivity index (χ2v) is 9.68. The highest BCUT2D eigenvalue weighted by molar-refractivity contribution is 7.99. The highest BCUT2D eigenvalue weighted by Crippen LogP contribution is 2.38. The second kappa shape index (κ2) is 7.96. The highest BCUT2D eigenvalue weighted by Gasteiger charge is 2.25. The predicted molar refractivity (Wildman–Crippen MR) is 110 cm³/mol. The fourth-order valence-corrected chi connectivity index (χ4v) is 5.65. The zero-order chi connectivity index (χ0) is 19.8. The third kappa shape index (κ3) is 3.51. The van der Waals surface area contributed by atoms with Crippen molar-refractivity contribution in [1.29, 1.82) is 0 Å². The largest absolute Gasteiger partial charge is 0.383 e. The number of fused-ring (bicyclic) bond motifs is 3. The molecule has 0 unspecified atom stereocenters. The summed E-state index contributed by atoms with van der Waals surface area (Å²) in [5, 5.41) is 5.41. The lowest BCUT2D eigenvalue weighted by Gasteiger charge is -2.13. The minimum atomic E-state index is -0.107. The molecule has 1 aliphatic carbocycles. The molecule has 1 aliphatic rings. The molecule has 0 radical (unpaired) electrons. The van der Waals surface area contributed by atoms with Gasteiger partial charge < -0.3 is 9.26 Å². The molecule has 3 aromatic rings. The van der Waals surface area contributed by atoms with Crippen LogP contribution in [0.3, 0.4) is 0 Å². The van der Waals surface area contributed by atoms with Crippen LogP contribution in [0.1, 0.15) is 60.5 Å². The molecule has 28 heavy (non-hydrogen) atoms. The summed E-state index contributed by atoms with van der Waals surface area (Å²) < 4.78 is 12.4. The third-order valence-corrected chi connectivity index (χ3v) is 7.18. The molecule has 0 fully saturated rings. The zero-order valence-electron chi connectivity index (χ0n) is 16.5. The zero-order valence-corrected chi connectivity index (χ0v) is 18.2. The van der Waals surface area contributed by atoms with Gasteiger partial charge in [0.2, 0.25) is 5.89 Å². The van der Waals surface area contributed by atoms with Gasteiger partial charge >= 0.3 is 0 Å². The average molecular weight is 421 g/mol. The molecule has 3 aromatic heterocycles. The van der Waals surface area contributed by atoms with E-state index in [2.05, 4.69) is 10.1 Å². The smallest absolute Gasteiger partial charge is 0.263 e. The maximum absolute atomic E-state index is 13.3. The van der Waals surface area contributed by atoms with Gasteiger partial charge in [0.15, 0.2) is 11.0 Å². The lowest BCUT2D eigenvalue weighted by atomic mass is 10.2. The molecular formula is C19H24N4O3S2. The molecule has 0 spiro atoms. The molecule has 3 heterocycles. The molecule has 0 bridgehead atoms. The number of aromatic nitrogens is 4. The number of thiophene rings is 1. The maximum Gasteiger partial charge on any atom is 0.263 e. The lowest BCUT2D eigenvalue weighted by Crippen LogP contribution is -2.25. The van der Waals surface area contributed by atoms with Crippen molar-refractivity contribution in [2.45, 2.75) is 62.9 Å². The number of thioether (sulfide) groups is 1. The first-order chi connectivity index (χ1) is 13.5. The number of methoxy groups -OCH3 is 1. The van der Waals surface area contributed by atoms with Crippen LogP contribution < -0.4 is 5.56 Å². The van der Waals surface area contributed by atoms with Gasteiger partial charge in [-0.25, -0.2) is 4.98 Å². The Morgan fingerprint density at radius 3 is 2.82 bits per heavy atom. The van der Waals surface area contributed by atoms with Gasteiger partial charge in [-0.1, -0.05) is 30.8 Å². The Balaban J connectivity index is 1.73.